The van der Waals surface area contributed by atoms with E-state index in [-0.39, 0.29) is 5.97 Å². The Labute approximate surface area is 115 Å². The van der Waals surface area contributed by atoms with E-state index < -0.39 is 0 Å². The van der Waals surface area contributed by atoms with Gasteiger partial charge in [0.2, 0.25) is 0 Å². The molecule has 1 heterocycles. The van der Waals surface area contributed by atoms with Crippen molar-refractivity contribution in [1.82, 2.24) is 4.98 Å². The quantitative estimate of drug-likeness (QED) is 0.819. The standard InChI is InChI=1S/C16H25NO2/c1-2-19-16(18)15-13-10-8-6-4-3-5-7-9-11-14(12-13)17-15/h12,17H,2-11H2,1H3. The number of aromatic nitrogens is 1. The van der Waals surface area contributed by atoms with Gasteiger partial charge < -0.3 is 9.72 Å². The van der Waals surface area contributed by atoms with E-state index in [1.807, 2.05) is 6.92 Å². The van der Waals surface area contributed by atoms with Crippen LogP contribution in [0.5, 0.6) is 0 Å². The normalized spacial score (nSPS) is 17.3. The number of aryl methyl sites for hydroxylation is 2. The van der Waals surface area contributed by atoms with Crippen molar-refractivity contribution >= 4 is 5.97 Å². The van der Waals surface area contributed by atoms with E-state index in [1.54, 1.807) is 0 Å². The van der Waals surface area contributed by atoms with E-state index in [1.165, 1.54) is 50.6 Å². The van der Waals surface area contributed by atoms with Crippen LogP contribution in [0.3, 0.4) is 0 Å². The SMILES string of the molecule is CCOC(=O)c1[nH]c2cc1CCCCCCCCC2. The van der Waals surface area contributed by atoms with Crippen LogP contribution in [0.2, 0.25) is 0 Å². The van der Waals surface area contributed by atoms with Crippen LogP contribution in [-0.4, -0.2) is 17.6 Å². The molecule has 0 radical (unpaired) electrons. The van der Waals surface area contributed by atoms with Gasteiger partial charge in [-0.3, -0.25) is 0 Å². The molecule has 2 rings (SSSR count). The second-order valence-electron chi connectivity index (χ2n) is 5.39. The molecule has 0 fully saturated rings. The molecule has 1 aromatic heterocycles. The summed E-state index contributed by atoms with van der Waals surface area (Å²) < 4.78 is 5.13. The Balaban J connectivity index is 2.12. The number of ether oxygens (including phenoxy) is 1. The molecule has 0 atom stereocenters. The molecule has 106 valence electrons. The second kappa shape index (κ2) is 7.37. The van der Waals surface area contributed by atoms with Gasteiger partial charge in [0.05, 0.1) is 6.61 Å². The number of hydrogen-bond donors (Lipinski definition) is 1. The molecule has 0 spiro atoms. The zero-order valence-electron chi connectivity index (χ0n) is 12.0. The average Bonchev–Trinajstić information content (AvgIpc) is 2.79. The lowest BCUT2D eigenvalue weighted by Gasteiger charge is -2.04. The second-order valence-corrected chi connectivity index (χ2v) is 5.39. The maximum Gasteiger partial charge on any atom is 0.355 e. The van der Waals surface area contributed by atoms with Crippen LogP contribution in [0.25, 0.3) is 0 Å². The van der Waals surface area contributed by atoms with Crippen molar-refractivity contribution in [3.05, 3.63) is 23.0 Å². The molecule has 0 saturated heterocycles. The van der Waals surface area contributed by atoms with Crippen LogP contribution in [0.4, 0.5) is 0 Å². The first-order chi connectivity index (χ1) is 9.31. The van der Waals surface area contributed by atoms with E-state index in [0.29, 0.717) is 12.3 Å². The highest BCUT2D eigenvalue weighted by Crippen LogP contribution is 2.20. The Morgan fingerprint density at radius 1 is 1.11 bits per heavy atom. The molecule has 0 aromatic carbocycles. The van der Waals surface area contributed by atoms with Gasteiger partial charge in [0.1, 0.15) is 5.69 Å². The van der Waals surface area contributed by atoms with E-state index in [2.05, 4.69) is 11.1 Å². The molecule has 2 bridgehead atoms. The van der Waals surface area contributed by atoms with Gasteiger partial charge in [-0.2, -0.15) is 0 Å². The van der Waals surface area contributed by atoms with Gasteiger partial charge in [-0.05, 0) is 44.2 Å². The van der Waals surface area contributed by atoms with E-state index >= 15 is 0 Å². The fraction of sp³-hybridized carbons (Fsp3) is 0.688. The maximum absolute atomic E-state index is 11.9. The van der Waals surface area contributed by atoms with Crippen LogP contribution in [0.15, 0.2) is 6.07 Å². The summed E-state index contributed by atoms with van der Waals surface area (Å²) in [6.07, 6.45) is 11.0. The molecular formula is C16H25NO2. The van der Waals surface area contributed by atoms with Crippen LogP contribution in [0.1, 0.15) is 73.6 Å². The predicted octanol–water partition coefficient (Wildman–Crippen LogP) is 4.02. The molecule has 1 aliphatic rings. The maximum atomic E-state index is 11.9. The zero-order valence-corrected chi connectivity index (χ0v) is 12.0. The molecular weight excluding hydrogens is 238 g/mol. The van der Waals surface area contributed by atoms with Crippen molar-refractivity contribution in [3.8, 4) is 0 Å². The van der Waals surface area contributed by atoms with Crippen LogP contribution < -0.4 is 0 Å². The summed E-state index contributed by atoms with van der Waals surface area (Å²) in [5.74, 6) is -0.196. The number of carbonyl (C=O) groups is 1. The van der Waals surface area contributed by atoms with Crippen LogP contribution >= 0.6 is 0 Å². The molecule has 19 heavy (non-hydrogen) atoms. The largest absolute Gasteiger partial charge is 0.461 e. The van der Waals surface area contributed by atoms with Crippen molar-refractivity contribution in [1.29, 1.82) is 0 Å². The van der Waals surface area contributed by atoms with Gasteiger partial charge in [0.25, 0.3) is 0 Å². The molecule has 0 unspecified atom stereocenters. The molecule has 0 saturated carbocycles. The fourth-order valence-corrected chi connectivity index (χ4v) is 2.79. The monoisotopic (exact) mass is 263 g/mol. The van der Waals surface area contributed by atoms with Crippen LogP contribution in [-0.2, 0) is 17.6 Å². The number of aromatic amines is 1. The fourth-order valence-electron chi connectivity index (χ4n) is 2.79. The molecule has 0 amide bonds. The van der Waals surface area contributed by atoms with Crippen LogP contribution in [0, 0.1) is 0 Å². The topological polar surface area (TPSA) is 42.1 Å². The number of nitrogens with one attached hydrogen (secondary N) is 1. The summed E-state index contributed by atoms with van der Waals surface area (Å²) in [5, 5.41) is 0. The molecule has 3 nitrogen and oxygen atoms in total. The van der Waals surface area contributed by atoms with Gasteiger partial charge >= 0.3 is 5.97 Å². The lowest BCUT2D eigenvalue weighted by Crippen LogP contribution is -2.08. The molecule has 1 aromatic rings. The smallest absolute Gasteiger partial charge is 0.355 e. The van der Waals surface area contributed by atoms with Gasteiger partial charge in [-0.15, -0.1) is 0 Å². The van der Waals surface area contributed by atoms with Gasteiger partial charge in [-0.1, -0.05) is 32.1 Å². The summed E-state index contributed by atoms with van der Waals surface area (Å²) in [7, 11) is 0. The molecule has 3 heteroatoms. The van der Waals surface area contributed by atoms with Crippen molar-refractivity contribution in [3.63, 3.8) is 0 Å². The summed E-state index contributed by atoms with van der Waals surface area (Å²) in [4.78, 5) is 15.2. The third-order valence-electron chi connectivity index (χ3n) is 3.83. The Bertz CT molecular complexity index is 409. The predicted molar refractivity (Wildman–Crippen MR) is 76.5 cm³/mol. The highest BCUT2D eigenvalue weighted by atomic mass is 16.5. The minimum Gasteiger partial charge on any atom is -0.461 e. The Kier molecular flexibility index (Phi) is 5.49. The number of H-pyrrole nitrogens is 1. The molecule has 1 aliphatic carbocycles. The highest BCUT2D eigenvalue weighted by Gasteiger charge is 2.16. The van der Waals surface area contributed by atoms with Gasteiger partial charge in [-0.25, -0.2) is 4.79 Å². The van der Waals surface area contributed by atoms with Crippen molar-refractivity contribution in [2.24, 2.45) is 0 Å². The number of hydrogen-bond acceptors (Lipinski definition) is 2. The lowest BCUT2D eigenvalue weighted by atomic mass is 10.0. The Morgan fingerprint density at radius 3 is 2.42 bits per heavy atom. The summed E-state index contributed by atoms with van der Waals surface area (Å²) in [5.41, 5.74) is 3.03. The number of carbonyl (C=O) groups excluding carboxylic acids is 1. The zero-order chi connectivity index (χ0) is 13.5. The first-order valence-electron chi connectivity index (χ1n) is 7.69. The molecule has 1 N–H and O–H groups in total. The van der Waals surface area contributed by atoms with Crippen molar-refractivity contribution < 1.29 is 9.53 Å². The highest BCUT2D eigenvalue weighted by molar-refractivity contribution is 5.89. The molecule has 0 aliphatic heterocycles. The van der Waals surface area contributed by atoms with Gasteiger partial charge in [0.15, 0.2) is 0 Å². The summed E-state index contributed by atoms with van der Waals surface area (Å²) >= 11 is 0. The third-order valence-corrected chi connectivity index (χ3v) is 3.83. The average molecular weight is 263 g/mol. The van der Waals surface area contributed by atoms with Crippen molar-refractivity contribution in [2.45, 2.75) is 64.7 Å². The Hall–Kier alpha value is -1.25. The number of rotatable bonds is 2. The summed E-state index contributed by atoms with van der Waals surface area (Å²) in [6.45, 7) is 2.29. The summed E-state index contributed by atoms with van der Waals surface area (Å²) in [6, 6.07) is 2.17. The van der Waals surface area contributed by atoms with Gasteiger partial charge in [0, 0.05) is 5.69 Å². The Morgan fingerprint density at radius 2 is 1.74 bits per heavy atom. The number of esters is 1. The minimum atomic E-state index is -0.196. The third kappa shape index (κ3) is 4.12. The first kappa shape index (κ1) is 14.2. The van der Waals surface area contributed by atoms with E-state index in [9.17, 15) is 4.79 Å². The number of fused-ring (bicyclic) bond motifs is 2. The minimum absolute atomic E-state index is 0.196. The first-order valence-corrected chi connectivity index (χ1v) is 7.69. The van der Waals surface area contributed by atoms with E-state index in [4.69, 9.17) is 4.74 Å². The van der Waals surface area contributed by atoms with E-state index in [0.717, 1.165) is 18.4 Å². The lowest BCUT2D eigenvalue weighted by molar-refractivity contribution is 0.0518. The van der Waals surface area contributed by atoms with Crippen molar-refractivity contribution in [2.75, 3.05) is 6.61 Å².